The van der Waals surface area contributed by atoms with Gasteiger partial charge in [0.05, 0.1) is 29.1 Å². The molecule has 0 saturated carbocycles. The van der Waals surface area contributed by atoms with E-state index >= 15 is 0 Å². The van der Waals surface area contributed by atoms with Gasteiger partial charge in [0, 0.05) is 10.8 Å². The number of carbonyl (C=O) groups is 1. The Balaban J connectivity index is 1.96. The molecule has 1 atom stereocenters. The highest BCUT2D eigenvalue weighted by atomic mass is 32.1. The van der Waals surface area contributed by atoms with Gasteiger partial charge >= 0.3 is 5.82 Å². The van der Waals surface area contributed by atoms with Crippen LogP contribution in [0.5, 0.6) is 0 Å². The van der Waals surface area contributed by atoms with E-state index in [-0.39, 0.29) is 29.7 Å². The van der Waals surface area contributed by atoms with Crippen LogP contribution in [0.3, 0.4) is 0 Å². The van der Waals surface area contributed by atoms with Crippen molar-refractivity contribution >= 4 is 23.1 Å². The summed E-state index contributed by atoms with van der Waals surface area (Å²) in [6, 6.07) is 1.03. The van der Waals surface area contributed by atoms with Gasteiger partial charge in [0.1, 0.15) is 11.6 Å². The van der Waals surface area contributed by atoms with Crippen molar-refractivity contribution in [1.29, 1.82) is 0 Å². The van der Waals surface area contributed by atoms with Crippen LogP contribution in [0.25, 0.3) is 0 Å². The lowest BCUT2D eigenvalue weighted by atomic mass is 9.93. The molecule has 8 nitrogen and oxygen atoms in total. The molecule has 0 aromatic carbocycles. The lowest BCUT2D eigenvalue weighted by Crippen LogP contribution is -2.30. The molecule has 2 rings (SSSR count). The van der Waals surface area contributed by atoms with Crippen LogP contribution in [0.15, 0.2) is 17.6 Å². The van der Waals surface area contributed by atoms with E-state index in [2.05, 4.69) is 36.2 Å². The Hall–Kier alpha value is -2.29. The molecule has 2 aromatic rings. The van der Waals surface area contributed by atoms with E-state index in [0.29, 0.717) is 0 Å². The number of aromatic nitrogens is 3. The Morgan fingerprint density at radius 2 is 2.22 bits per heavy atom. The van der Waals surface area contributed by atoms with E-state index < -0.39 is 4.92 Å². The van der Waals surface area contributed by atoms with Crippen LogP contribution in [0.4, 0.5) is 5.82 Å². The fraction of sp³-hybridized carbons (Fsp3) is 0.500. The largest absolute Gasteiger partial charge is 0.389 e. The van der Waals surface area contributed by atoms with E-state index in [1.54, 1.807) is 0 Å². The molecule has 0 aliphatic carbocycles. The van der Waals surface area contributed by atoms with Crippen molar-refractivity contribution in [2.45, 2.75) is 45.7 Å². The number of hydrogen-bond acceptors (Lipinski definition) is 6. The topological polar surface area (TPSA) is 103 Å². The van der Waals surface area contributed by atoms with Crippen molar-refractivity contribution in [2.75, 3.05) is 0 Å². The molecule has 0 fully saturated rings. The zero-order valence-electron chi connectivity index (χ0n) is 13.4. The lowest BCUT2D eigenvalue weighted by Gasteiger charge is -2.15. The summed E-state index contributed by atoms with van der Waals surface area (Å²) in [7, 11) is 0. The van der Waals surface area contributed by atoms with Crippen molar-refractivity contribution in [3.63, 3.8) is 0 Å². The average molecular weight is 337 g/mol. The molecule has 1 amide bonds. The Morgan fingerprint density at radius 1 is 1.52 bits per heavy atom. The molecule has 2 heterocycles. The zero-order valence-corrected chi connectivity index (χ0v) is 14.3. The number of rotatable bonds is 5. The minimum Gasteiger partial charge on any atom is -0.358 e. The Kier molecular flexibility index (Phi) is 4.79. The molecule has 0 unspecified atom stereocenters. The van der Waals surface area contributed by atoms with Gasteiger partial charge in [-0.25, -0.2) is 4.98 Å². The first-order valence-corrected chi connectivity index (χ1v) is 7.98. The summed E-state index contributed by atoms with van der Waals surface area (Å²) in [5.74, 6) is -0.552. The van der Waals surface area contributed by atoms with Gasteiger partial charge < -0.3 is 15.4 Å². The maximum atomic E-state index is 12.0. The van der Waals surface area contributed by atoms with E-state index in [1.165, 1.54) is 28.3 Å². The highest BCUT2D eigenvalue weighted by Crippen LogP contribution is 2.26. The van der Waals surface area contributed by atoms with Gasteiger partial charge in [-0.3, -0.25) is 4.79 Å². The number of nitrogens with one attached hydrogen (secondary N) is 1. The predicted molar refractivity (Wildman–Crippen MR) is 86.3 cm³/mol. The van der Waals surface area contributed by atoms with Gasteiger partial charge in [0.2, 0.25) is 5.91 Å². The zero-order chi connectivity index (χ0) is 17.2. The molecule has 23 heavy (non-hydrogen) atoms. The maximum absolute atomic E-state index is 12.0. The number of carbonyl (C=O) groups excluding carboxylic acids is 1. The van der Waals surface area contributed by atoms with Gasteiger partial charge in [-0.05, 0) is 11.8 Å². The van der Waals surface area contributed by atoms with Crippen molar-refractivity contribution in [3.05, 3.63) is 38.5 Å². The molecule has 0 saturated heterocycles. The second-order valence-corrected chi connectivity index (χ2v) is 7.13. The minimum absolute atomic E-state index is 0.0352. The van der Waals surface area contributed by atoms with Crippen LogP contribution < -0.4 is 5.32 Å². The summed E-state index contributed by atoms with van der Waals surface area (Å²) in [4.78, 5) is 26.5. The first-order chi connectivity index (χ1) is 10.7. The average Bonchev–Trinajstić information content (AvgIpc) is 3.05. The molecule has 0 radical (unpaired) electrons. The third-order valence-corrected chi connectivity index (χ3v) is 4.18. The molecule has 1 N–H and O–H groups in total. The monoisotopic (exact) mass is 337 g/mol. The van der Waals surface area contributed by atoms with Gasteiger partial charge in [-0.1, -0.05) is 20.8 Å². The molecule has 0 bridgehead atoms. The molecule has 0 aliphatic heterocycles. The molecule has 9 heteroatoms. The third-order valence-electron chi connectivity index (χ3n) is 3.16. The highest BCUT2D eigenvalue weighted by Gasteiger charge is 2.21. The summed E-state index contributed by atoms with van der Waals surface area (Å²) in [5.41, 5.74) is 0.952. The summed E-state index contributed by atoms with van der Waals surface area (Å²) in [6.45, 7) is 8.03. The van der Waals surface area contributed by atoms with Crippen molar-refractivity contribution in [2.24, 2.45) is 0 Å². The molecule has 0 spiro atoms. The van der Waals surface area contributed by atoms with E-state index in [0.717, 1.165) is 10.7 Å². The van der Waals surface area contributed by atoms with Crippen LogP contribution >= 0.6 is 11.3 Å². The number of nitro groups is 1. The second-order valence-electron chi connectivity index (χ2n) is 6.24. The number of hydrogen-bond donors (Lipinski definition) is 1. The molecule has 124 valence electrons. The van der Waals surface area contributed by atoms with Crippen LogP contribution in [-0.4, -0.2) is 25.6 Å². The normalized spacial score (nSPS) is 12.9. The summed E-state index contributed by atoms with van der Waals surface area (Å²) < 4.78 is 1.24. The van der Waals surface area contributed by atoms with Gasteiger partial charge in [0.15, 0.2) is 0 Å². The molecular formula is C14H19N5O3S. The van der Waals surface area contributed by atoms with Crippen molar-refractivity contribution in [1.82, 2.24) is 20.1 Å². The Morgan fingerprint density at radius 3 is 2.74 bits per heavy atom. The SMILES string of the molecule is C[C@@H](NC(=O)Cn1ccc([N+](=O)[O-])n1)c1nc(C(C)(C)C)cs1. The highest BCUT2D eigenvalue weighted by molar-refractivity contribution is 7.09. The predicted octanol–water partition coefficient (Wildman–Crippen LogP) is 2.42. The van der Waals surface area contributed by atoms with Crippen molar-refractivity contribution < 1.29 is 9.72 Å². The first kappa shape index (κ1) is 17.1. The van der Waals surface area contributed by atoms with E-state index in [1.807, 2.05) is 12.3 Å². The maximum Gasteiger partial charge on any atom is 0.389 e. The number of thiazole rings is 1. The molecule has 0 aliphatic rings. The van der Waals surface area contributed by atoms with Crippen LogP contribution in [0.2, 0.25) is 0 Å². The fourth-order valence-corrected chi connectivity index (χ4v) is 2.92. The summed E-state index contributed by atoms with van der Waals surface area (Å²) in [5, 5.41) is 19.9. The van der Waals surface area contributed by atoms with Gasteiger partial charge in [0.25, 0.3) is 0 Å². The minimum atomic E-state index is -0.597. The van der Waals surface area contributed by atoms with E-state index in [9.17, 15) is 14.9 Å². The number of amides is 1. The fourth-order valence-electron chi connectivity index (χ4n) is 1.86. The summed E-state index contributed by atoms with van der Waals surface area (Å²) in [6.07, 6.45) is 1.41. The second kappa shape index (κ2) is 6.45. The molecule has 2 aromatic heterocycles. The standard InChI is InChI=1S/C14H19N5O3S/c1-9(13-16-10(8-23-13)14(2,3)4)15-12(20)7-18-6-5-11(17-18)19(21)22/h5-6,8-9H,7H2,1-4H3,(H,15,20)/t9-/m1/s1. The van der Waals surface area contributed by atoms with Crippen LogP contribution in [0, 0.1) is 10.1 Å². The third kappa shape index (κ3) is 4.35. The molecular weight excluding hydrogens is 318 g/mol. The van der Waals surface area contributed by atoms with Gasteiger partial charge in [-0.15, -0.1) is 11.3 Å². The van der Waals surface area contributed by atoms with Crippen LogP contribution in [0.1, 0.15) is 44.4 Å². The first-order valence-electron chi connectivity index (χ1n) is 7.10. The van der Waals surface area contributed by atoms with Gasteiger partial charge in [-0.2, -0.15) is 4.68 Å². The lowest BCUT2D eigenvalue weighted by molar-refractivity contribution is -0.389. The van der Waals surface area contributed by atoms with Crippen LogP contribution in [-0.2, 0) is 16.8 Å². The Labute approximate surface area is 137 Å². The number of nitrogens with zero attached hydrogens (tertiary/aromatic N) is 4. The van der Waals surface area contributed by atoms with E-state index in [4.69, 9.17) is 0 Å². The smallest absolute Gasteiger partial charge is 0.358 e. The summed E-state index contributed by atoms with van der Waals surface area (Å²) >= 11 is 1.50. The quantitative estimate of drug-likeness (QED) is 0.666. The van der Waals surface area contributed by atoms with Crippen molar-refractivity contribution in [3.8, 4) is 0 Å². The Bertz CT molecular complexity index is 716.